The van der Waals surface area contributed by atoms with Gasteiger partial charge in [0.25, 0.3) is 0 Å². The molecule has 0 atom stereocenters. The molecular weight excluding hydrogens is 276 g/mol. The molecule has 4 heteroatoms. The van der Waals surface area contributed by atoms with Gasteiger partial charge in [-0.25, -0.2) is 0 Å². The van der Waals surface area contributed by atoms with Gasteiger partial charge in [0.15, 0.2) is 0 Å². The van der Waals surface area contributed by atoms with Gasteiger partial charge in [-0.05, 0) is 48.1 Å². The second-order valence-electron chi connectivity index (χ2n) is 4.42. The highest BCUT2D eigenvalue weighted by Gasteiger charge is 2.06. The number of benzene rings is 2. The van der Waals surface area contributed by atoms with E-state index in [-0.39, 0.29) is 0 Å². The van der Waals surface area contributed by atoms with Crippen molar-refractivity contribution < 1.29 is 0 Å². The first kappa shape index (κ1) is 12.6. The third kappa shape index (κ3) is 2.62. The number of nitrogens with one attached hydrogen (secondary N) is 1. The maximum atomic E-state index is 6.14. The van der Waals surface area contributed by atoms with Gasteiger partial charge in [-0.15, -0.1) is 11.8 Å². The predicted molar refractivity (Wildman–Crippen MR) is 82.1 cm³/mol. The number of hydrogen-bond acceptors (Lipinski definition) is 2. The number of fused-ring (bicyclic) bond motifs is 1. The van der Waals surface area contributed by atoms with E-state index < -0.39 is 0 Å². The number of hydrogen-bond donors (Lipinski definition) is 1. The molecule has 3 aromatic rings. The molecule has 0 radical (unpaired) electrons. The van der Waals surface area contributed by atoms with Gasteiger partial charge in [0.1, 0.15) is 0 Å². The van der Waals surface area contributed by atoms with Crippen LogP contribution in [0.4, 0.5) is 0 Å². The molecule has 1 aromatic heterocycles. The fourth-order valence-corrected chi connectivity index (χ4v) is 2.84. The highest BCUT2D eigenvalue weighted by molar-refractivity contribution is 7.98. The number of rotatable bonds is 3. The maximum absolute atomic E-state index is 6.14. The highest BCUT2D eigenvalue weighted by atomic mass is 35.5. The number of halogens is 1. The summed E-state index contributed by atoms with van der Waals surface area (Å²) in [6.45, 7) is 0. The average molecular weight is 289 g/mol. The minimum absolute atomic E-state index is 0.743. The molecule has 2 nitrogen and oxygen atoms in total. The topological polar surface area (TPSA) is 28.7 Å². The van der Waals surface area contributed by atoms with E-state index in [9.17, 15) is 0 Å². The molecular formula is C15H13ClN2S. The molecule has 2 aromatic carbocycles. The molecule has 0 aliphatic rings. The zero-order chi connectivity index (χ0) is 13.2. The van der Waals surface area contributed by atoms with Gasteiger partial charge in [-0.1, -0.05) is 23.7 Å². The Morgan fingerprint density at radius 2 is 2.00 bits per heavy atom. The van der Waals surface area contributed by atoms with Crippen LogP contribution in [0, 0.1) is 0 Å². The highest BCUT2D eigenvalue weighted by Crippen LogP contribution is 2.25. The number of nitrogens with zero attached hydrogens (tertiary/aromatic N) is 1. The third-order valence-corrected chi connectivity index (χ3v) is 4.12. The molecule has 0 amide bonds. The molecule has 0 saturated heterocycles. The zero-order valence-corrected chi connectivity index (χ0v) is 12.1. The summed E-state index contributed by atoms with van der Waals surface area (Å²) in [7, 11) is 0. The van der Waals surface area contributed by atoms with Gasteiger partial charge in [0.2, 0.25) is 0 Å². The van der Waals surface area contributed by atoms with E-state index in [1.54, 1.807) is 11.8 Å². The van der Waals surface area contributed by atoms with Crippen molar-refractivity contribution in [3.63, 3.8) is 0 Å². The summed E-state index contributed by atoms with van der Waals surface area (Å²) in [5.74, 6) is 0. The van der Waals surface area contributed by atoms with Gasteiger partial charge in [-0.3, -0.25) is 5.10 Å². The second-order valence-corrected chi connectivity index (χ2v) is 5.74. The van der Waals surface area contributed by atoms with E-state index in [0.717, 1.165) is 22.3 Å². The molecule has 0 aliphatic carbocycles. The Labute approximate surface area is 121 Å². The van der Waals surface area contributed by atoms with Gasteiger partial charge in [0, 0.05) is 15.3 Å². The monoisotopic (exact) mass is 288 g/mol. The predicted octanol–water partition coefficient (Wildman–Crippen LogP) is 4.53. The first-order chi connectivity index (χ1) is 9.26. The summed E-state index contributed by atoms with van der Waals surface area (Å²) in [5, 5.41) is 8.93. The Morgan fingerprint density at radius 1 is 1.21 bits per heavy atom. The SMILES string of the molecule is CSc1ccc(Cc2cc(Cl)cc3[nH]ncc23)cc1. The Kier molecular flexibility index (Phi) is 3.49. The van der Waals surface area contributed by atoms with Crippen molar-refractivity contribution in [3.05, 3.63) is 58.7 Å². The molecule has 3 rings (SSSR count). The Balaban J connectivity index is 1.97. The van der Waals surface area contributed by atoms with Crippen molar-refractivity contribution in [3.8, 4) is 0 Å². The van der Waals surface area contributed by atoms with E-state index in [1.165, 1.54) is 16.0 Å². The molecule has 0 aliphatic heterocycles. The number of aromatic amines is 1. The summed E-state index contributed by atoms with van der Waals surface area (Å²) in [5.41, 5.74) is 3.47. The van der Waals surface area contributed by atoms with E-state index in [1.807, 2.05) is 18.3 Å². The largest absolute Gasteiger partial charge is 0.278 e. The number of aromatic nitrogens is 2. The molecule has 0 spiro atoms. The lowest BCUT2D eigenvalue weighted by Gasteiger charge is -2.05. The lowest BCUT2D eigenvalue weighted by molar-refractivity contribution is 1.12. The summed E-state index contributed by atoms with van der Waals surface area (Å²) in [6, 6.07) is 12.6. The second kappa shape index (κ2) is 5.27. The van der Waals surface area contributed by atoms with Crippen LogP contribution in [0.1, 0.15) is 11.1 Å². The number of thioether (sulfide) groups is 1. The number of H-pyrrole nitrogens is 1. The molecule has 0 unspecified atom stereocenters. The van der Waals surface area contributed by atoms with Crippen molar-refractivity contribution in [1.29, 1.82) is 0 Å². The van der Waals surface area contributed by atoms with Crippen molar-refractivity contribution in [2.75, 3.05) is 6.26 Å². The summed E-state index contributed by atoms with van der Waals surface area (Å²) in [4.78, 5) is 1.28. The Morgan fingerprint density at radius 3 is 2.74 bits per heavy atom. The fourth-order valence-electron chi connectivity index (χ4n) is 2.20. The van der Waals surface area contributed by atoms with Crippen LogP contribution in [-0.2, 0) is 6.42 Å². The fraction of sp³-hybridized carbons (Fsp3) is 0.133. The van der Waals surface area contributed by atoms with Crippen LogP contribution in [-0.4, -0.2) is 16.5 Å². The zero-order valence-electron chi connectivity index (χ0n) is 10.5. The van der Waals surface area contributed by atoms with E-state index in [0.29, 0.717) is 0 Å². The smallest absolute Gasteiger partial charge is 0.0668 e. The standard InChI is InChI=1S/C15H13ClN2S/c1-19-13-4-2-10(3-5-13)6-11-7-12(16)8-15-14(11)9-17-18-15/h2-5,7-9H,6H2,1H3,(H,17,18). The van der Waals surface area contributed by atoms with Crippen LogP contribution in [0.3, 0.4) is 0 Å². The lowest BCUT2D eigenvalue weighted by atomic mass is 10.0. The first-order valence-electron chi connectivity index (χ1n) is 6.01. The van der Waals surface area contributed by atoms with Crippen LogP contribution in [0.25, 0.3) is 10.9 Å². The molecule has 0 fully saturated rings. The van der Waals surface area contributed by atoms with Crippen molar-refractivity contribution >= 4 is 34.3 Å². The van der Waals surface area contributed by atoms with Crippen LogP contribution in [0.15, 0.2) is 47.5 Å². The first-order valence-corrected chi connectivity index (χ1v) is 7.61. The summed E-state index contributed by atoms with van der Waals surface area (Å²) in [6.07, 6.45) is 4.81. The van der Waals surface area contributed by atoms with Crippen molar-refractivity contribution in [2.24, 2.45) is 0 Å². The maximum Gasteiger partial charge on any atom is 0.0668 e. The van der Waals surface area contributed by atoms with Crippen LogP contribution < -0.4 is 0 Å². The average Bonchev–Trinajstić information content (AvgIpc) is 2.88. The third-order valence-electron chi connectivity index (χ3n) is 3.16. The van der Waals surface area contributed by atoms with Gasteiger partial charge in [-0.2, -0.15) is 5.10 Å². The van der Waals surface area contributed by atoms with Crippen LogP contribution in [0.2, 0.25) is 5.02 Å². The van der Waals surface area contributed by atoms with Crippen LogP contribution >= 0.6 is 23.4 Å². The summed E-state index contributed by atoms with van der Waals surface area (Å²) < 4.78 is 0. The Bertz CT molecular complexity index is 704. The molecule has 1 N–H and O–H groups in total. The van der Waals surface area contributed by atoms with Gasteiger partial charge in [0.05, 0.1) is 11.7 Å². The van der Waals surface area contributed by atoms with Gasteiger partial charge < -0.3 is 0 Å². The van der Waals surface area contributed by atoms with Crippen molar-refractivity contribution in [2.45, 2.75) is 11.3 Å². The van der Waals surface area contributed by atoms with E-state index >= 15 is 0 Å². The molecule has 96 valence electrons. The van der Waals surface area contributed by atoms with Crippen LogP contribution in [0.5, 0.6) is 0 Å². The molecule has 0 saturated carbocycles. The lowest BCUT2D eigenvalue weighted by Crippen LogP contribution is -1.89. The summed E-state index contributed by atoms with van der Waals surface area (Å²) >= 11 is 7.90. The van der Waals surface area contributed by atoms with E-state index in [4.69, 9.17) is 11.6 Å². The Hall–Kier alpha value is -1.45. The van der Waals surface area contributed by atoms with E-state index in [2.05, 4.69) is 40.7 Å². The van der Waals surface area contributed by atoms with Gasteiger partial charge >= 0.3 is 0 Å². The molecule has 0 bridgehead atoms. The minimum Gasteiger partial charge on any atom is -0.278 e. The molecule has 19 heavy (non-hydrogen) atoms. The normalized spacial score (nSPS) is 11.1. The molecule has 1 heterocycles. The minimum atomic E-state index is 0.743. The quantitative estimate of drug-likeness (QED) is 0.717. The van der Waals surface area contributed by atoms with Crippen molar-refractivity contribution in [1.82, 2.24) is 10.2 Å².